The lowest BCUT2D eigenvalue weighted by atomic mass is 9.95. The van der Waals surface area contributed by atoms with Gasteiger partial charge in [0.15, 0.2) is 0 Å². The van der Waals surface area contributed by atoms with Crippen molar-refractivity contribution in [2.45, 2.75) is 38.1 Å². The highest BCUT2D eigenvalue weighted by Gasteiger charge is 2.21. The molecule has 1 fully saturated rings. The molecule has 1 aliphatic carbocycles. The first-order valence-electron chi connectivity index (χ1n) is 4.14. The number of carbonyl (C=O) groups excluding carboxylic acids is 1. The first kappa shape index (κ1) is 8.50. The highest BCUT2D eigenvalue weighted by atomic mass is 19.1. The number of hydrogen-bond donors (Lipinski definition) is 0. The lowest BCUT2D eigenvalue weighted by Gasteiger charge is -2.28. The minimum absolute atomic E-state index is 0.154. The van der Waals surface area contributed by atoms with Crippen molar-refractivity contribution in [1.29, 1.82) is 0 Å². The number of carbonyl (C=O) groups is 1. The van der Waals surface area contributed by atoms with E-state index in [1.807, 2.05) is 0 Å². The Balaban J connectivity index is 2.38. The molecule has 0 spiro atoms. The van der Waals surface area contributed by atoms with Gasteiger partial charge in [-0.15, -0.1) is 4.39 Å². The number of rotatable bonds is 1. The molecule has 0 radical (unpaired) electrons. The van der Waals surface area contributed by atoms with E-state index in [9.17, 15) is 9.18 Å². The molecular formula is C8H14FNO. The van der Waals surface area contributed by atoms with Gasteiger partial charge in [-0.05, 0) is 12.8 Å². The Hall–Kier alpha value is -0.600. The summed E-state index contributed by atoms with van der Waals surface area (Å²) in [6.07, 6.45) is 4.12. The van der Waals surface area contributed by atoms with Crippen LogP contribution in [0.1, 0.15) is 32.1 Å². The van der Waals surface area contributed by atoms with Crippen LogP contribution in [0.3, 0.4) is 0 Å². The summed E-state index contributed by atoms with van der Waals surface area (Å²) in [6.45, 7) is 0. The molecule has 0 N–H and O–H groups in total. The Bertz CT molecular complexity index is 143. The number of hydrogen-bond acceptors (Lipinski definition) is 1. The van der Waals surface area contributed by atoms with Gasteiger partial charge in [0.05, 0.1) is 0 Å². The van der Waals surface area contributed by atoms with Crippen LogP contribution in [0.25, 0.3) is 0 Å². The predicted octanol–water partition coefficient (Wildman–Crippen LogP) is 2.34. The molecule has 0 aromatic carbocycles. The van der Waals surface area contributed by atoms with E-state index in [2.05, 4.69) is 0 Å². The van der Waals surface area contributed by atoms with Crippen LogP contribution in [-0.4, -0.2) is 24.2 Å². The third-order valence-electron chi connectivity index (χ3n) is 2.40. The highest BCUT2D eigenvalue weighted by molar-refractivity contribution is 5.66. The molecule has 0 heterocycles. The molecule has 0 bridgehead atoms. The van der Waals surface area contributed by atoms with Gasteiger partial charge in [0.25, 0.3) is 0 Å². The van der Waals surface area contributed by atoms with Crippen LogP contribution in [0.4, 0.5) is 9.18 Å². The third kappa shape index (κ3) is 2.17. The molecule has 1 amide bonds. The molecule has 0 aromatic heterocycles. The van der Waals surface area contributed by atoms with E-state index in [1.165, 1.54) is 11.3 Å². The highest BCUT2D eigenvalue weighted by Crippen LogP contribution is 2.21. The van der Waals surface area contributed by atoms with Gasteiger partial charge >= 0.3 is 6.16 Å². The molecule has 0 unspecified atom stereocenters. The van der Waals surface area contributed by atoms with Gasteiger partial charge in [0.2, 0.25) is 0 Å². The van der Waals surface area contributed by atoms with Crippen molar-refractivity contribution in [3.63, 3.8) is 0 Å². The van der Waals surface area contributed by atoms with Crippen molar-refractivity contribution >= 4 is 6.16 Å². The lowest BCUT2D eigenvalue weighted by molar-refractivity contribution is 0.152. The molecular weight excluding hydrogens is 145 g/mol. The van der Waals surface area contributed by atoms with Crippen LogP contribution in [0.2, 0.25) is 0 Å². The summed E-state index contributed by atoms with van der Waals surface area (Å²) >= 11 is 0. The maximum absolute atomic E-state index is 12.2. The second-order valence-electron chi connectivity index (χ2n) is 3.16. The Morgan fingerprint density at radius 3 is 2.36 bits per heavy atom. The smallest absolute Gasteiger partial charge is 0.315 e. The zero-order valence-electron chi connectivity index (χ0n) is 6.85. The summed E-state index contributed by atoms with van der Waals surface area (Å²) in [6, 6.07) is 0.154. The first-order chi connectivity index (χ1) is 5.22. The van der Waals surface area contributed by atoms with Gasteiger partial charge in [-0.2, -0.15) is 0 Å². The van der Waals surface area contributed by atoms with Crippen molar-refractivity contribution in [3.8, 4) is 0 Å². The predicted molar refractivity (Wildman–Crippen MR) is 41.1 cm³/mol. The second-order valence-corrected chi connectivity index (χ2v) is 3.16. The fourth-order valence-electron chi connectivity index (χ4n) is 1.61. The van der Waals surface area contributed by atoms with Crippen molar-refractivity contribution in [1.82, 2.24) is 4.90 Å². The maximum atomic E-state index is 12.2. The fourth-order valence-corrected chi connectivity index (χ4v) is 1.61. The molecule has 1 rings (SSSR count). The SMILES string of the molecule is CN(C(=O)F)C1CCCCC1. The summed E-state index contributed by atoms with van der Waals surface area (Å²) in [5, 5.41) is 0. The summed E-state index contributed by atoms with van der Waals surface area (Å²) < 4.78 is 12.2. The average molecular weight is 159 g/mol. The Kier molecular flexibility index (Phi) is 2.85. The Labute approximate surface area is 66.4 Å². The normalized spacial score (nSPS) is 19.8. The van der Waals surface area contributed by atoms with E-state index in [0.717, 1.165) is 25.7 Å². The molecule has 0 saturated heterocycles. The summed E-state index contributed by atoms with van der Waals surface area (Å²) in [4.78, 5) is 11.5. The van der Waals surface area contributed by atoms with Gasteiger partial charge in [0.1, 0.15) is 0 Å². The van der Waals surface area contributed by atoms with Gasteiger partial charge in [-0.1, -0.05) is 19.3 Å². The van der Waals surface area contributed by atoms with Crippen molar-refractivity contribution in [2.75, 3.05) is 7.05 Å². The van der Waals surface area contributed by atoms with Crippen LogP contribution in [0.15, 0.2) is 0 Å². The summed E-state index contributed by atoms with van der Waals surface area (Å²) in [7, 11) is 1.54. The standard InChI is InChI=1S/C8H14FNO/c1-10(8(9)11)7-5-3-2-4-6-7/h7H,2-6H2,1H3. The van der Waals surface area contributed by atoms with Crippen molar-refractivity contribution in [3.05, 3.63) is 0 Å². The minimum atomic E-state index is -1.29. The van der Waals surface area contributed by atoms with Gasteiger partial charge in [0, 0.05) is 13.1 Å². The third-order valence-corrected chi connectivity index (χ3v) is 2.40. The van der Waals surface area contributed by atoms with Crippen LogP contribution < -0.4 is 0 Å². The van der Waals surface area contributed by atoms with E-state index in [-0.39, 0.29) is 6.04 Å². The van der Waals surface area contributed by atoms with Crippen LogP contribution in [0, 0.1) is 0 Å². The maximum Gasteiger partial charge on any atom is 0.400 e. The zero-order valence-corrected chi connectivity index (χ0v) is 6.85. The average Bonchev–Trinajstić information content (AvgIpc) is 2.05. The van der Waals surface area contributed by atoms with E-state index in [4.69, 9.17) is 0 Å². The molecule has 3 heteroatoms. The molecule has 0 atom stereocenters. The Morgan fingerprint density at radius 1 is 1.36 bits per heavy atom. The molecule has 1 saturated carbocycles. The number of nitrogens with zero attached hydrogens (tertiary/aromatic N) is 1. The number of halogens is 1. The van der Waals surface area contributed by atoms with Crippen LogP contribution in [-0.2, 0) is 0 Å². The van der Waals surface area contributed by atoms with Crippen LogP contribution >= 0.6 is 0 Å². The fraction of sp³-hybridized carbons (Fsp3) is 0.875. The van der Waals surface area contributed by atoms with Gasteiger partial charge in [-0.3, -0.25) is 0 Å². The van der Waals surface area contributed by atoms with E-state index in [1.54, 1.807) is 7.05 Å². The number of amides is 1. The first-order valence-corrected chi connectivity index (χ1v) is 4.14. The second kappa shape index (κ2) is 3.69. The lowest BCUT2D eigenvalue weighted by Crippen LogP contribution is -2.35. The largest absolute Gasteiger partial charge is 0.400 e. The molecule has 2 nitrogen and oxygen atoms in total. The van der Waals surface area contributed by atoms with Gasteiger partial charge < -0.3 is 4.90 Å². The van der Waals surface area contributed by atoms with Crippen molar-refractivity contribution in [2.24, 2.45) is 0 Å². The van der Waals surface area contributed by atoms with Crippen molar-refractivity contribution < 1.29 is 9.18 Å². The molecule has 0 aromatic rings. The monoisotopic (exact) mass is 159 g/mol. The minimum Gasteiger partial charge on any atom is -0.315 e. The van der Waals surface area contributed by atoms with E-state index in [0.29, 0.717) is 0 Å². The topological polar surface area (TPSA) is 20.3 Å². The zero-order chi connectivity index (χ0) is 8.27. The molecule has 11 heavy (non-hydrogen) atoms. The molecule has 1 aliphatic rings. The molecule has 0 aliphatic heterocycles. The quantitative estimate of drug-likeness (QED) is 0.425. The summed E-state index contributed by atoms with van der Waals surface area (Å²) in [5.41, 5.74) is 0. The van der Waals surface area contributed by atoms with E-state index >= 15 is 0 Å². The molecule has 64 valence electrons. The Morgan fingerprint density at radius 2 is 1.91 bits per heavy atom. The van der Waals surface area contributed by atoms with E-state index < -0.39 is 6.16 Å². The summed E-state index contributed by atoms with van der Waals surface area (Å²) in [5.74, 6) is 0. The van der Waals surface area contributed by atoms with Gasteiger partial charge in [-0.25, -0.2) is 4.79 Å². The van der Waals surface area contributed by atoms with Crippen LogP contribution in [0.5, 0.6) is 0 Å².